The zero-order chi connectivity index (χ0) is 15.2. The van der Waals surface area contributed by atoms with E-state index in [0.717, 1.165) is 49.2 Å². The van der Waals surface area contributed by atoms with Crippen LogP contribution in [-0.2, 0) is 4.79 Å². The van der Waals surface area contributed by atoms with Gasteiger partial charge in [0.05, 0.1) is 6.61 Å². The first-order chi connectivity index (χ1) is 10.1. The number of carbonyl (C=O) groups is 1. The van der Waals surface area contributed by atoms with Crippen molar-refractivity contribution in [3.63, 3.8) is 0 Å². The van der Waals surface area contributed by atoms with Gasteiger partial charge in [-0.25, -0.2) is 0 Å². The summed E-state index contributed by atoms with van der Waals surface area (Å²) >= 11 is 0. The molecule has 0 spiro atoms. The highest BCUT2D eigenvalue weighted by atomic mass is 16.5. The number of ether oxygens (including phenoxy) is 1. The van der Waals surface area contributed by atoms with Crippen LogP contribution in [0.5, 0.6) is 5.75 Å². The van der Waals surface area contributed by atoms with Crippen LogP contribution in [0.3, 0.4) is 0 Å². The van der Waals surface area contributed by atoms with Crippen molar-refractivity contribution < 1.29 is 9.53 Å². The molecule has 1 aliphatic carbocycles. The summed E-state index contributed by atoms with van der Waals surface area (Å²) in [6.07, 6.45) is 4.79. The lowest BCUT2D eigenvalue weighted by molar-refractivity contribution is -0.113. The Kier molecular flexibility index (Phi) is 5.60. The van der Waals surface area contributed by atoms with Gasteiger partial charge < -0.3 is 4.74 Å². The molecule has 0 fully saturated rings. The van der Waals surface area contributed by atoms with E-state index >= 15 is 0 Å². The first kappa shape index (κ1) is 15.8. The highest BCUT2D eigenvalue weighted by Crippen LogP contribution is 2.35. The number of carbonyl (C=O) groups excluding carboxylic acids is 1. The van der Waals surface area contributed by atoms with Gasteiger partial charge in [0.25, 0.3) is 0 Å². The maximum Gasteiger partial charge on any atom is 0.163 e. The van der Waals surface area contributed by atoms with Gasteiger partial charge in [0.15, 0.2) is 5.78 Å². The molecule has 0 aliphatic heterocycles. The highest BCUT2D eigenvalue weighted by molar-refractivity contribution is 6.23. The molecule has 0 unspecified atom stereocenters. The third kappa shape index (κ3) is 4.20. The average molecular weight is 286 g/mol. The number of ketones is 1. The SMILES string of the molecule is CCCCOc1cccc(C2=C(CC(C)C)CCC2=O)c1. The Morgan fingerprint density at radius 3 is 2.76 bits per heavy atom. The Labute approximate surface area is 128 Å². The van der Waals surface area contributed by atoms with Gasteiger partial charge >= 0.3 is 0 Å². The second kappa shape index (κ2) is 7.44. The lowest BCUT2D eigenvalue weighted by Crippen LogP contribution is -2.00. The number of hydrogen-bond donors (Lipinski definition) is 0. The molecule has 0 radical (unpaired) electrons. The molecule has 0 saturated carbocycles. The van der Waals surface area contributed by atoms with Crippen LogP contribution in [0, 0.1) is 5.92 Å². The van der Waals surface area contributed by atoms with Crippen molar-refractivity contribution >= 4 is 11.4 Å². The number of rotatable bonds is 7. The maximum absolute atomic E-state index is 12.2. The number of Topliss-reactive ketones (excluding diaryl/α,β-unsaturated/α-hetero) is 1. The quantitative estimate of drug-likeness (QED) is 0.657. The molecule has 0 heterocycles. The van der Waals surface area contributed by atoms with Crippen LogP contribution in [0.15, 0.2) is 29.8 Å². The van der Waals surface area contributed by atoms with Crippen LogP contribution in [0.1, 0.15) is 58.4 Å². The minimum Gasteiger partial charge on any atom is -0.494 e. The van der Waals surface area contributed by atoms with Gasteiger partial charge in [-0.2, -0.15) is 0 Å². The summed E-state index contributed by atoms with van der Waals surface area (Å²) < 4.78 is 5.76. The minimum atomic E-state index is 0.288. The van der Waals surface area contributed by atoms with E-state index in [0.29, 0.717) is 12.3 Å². The first-order valence-electron chi connectivity index (χ1n) is 8.10. The molecule has 0 atom stereocenters. The van der Waals surface area contributed by atoms with E-state index in [4.69, 9.17) is 4.74 Å². The summed E-state index contributed by atoms with van der Waals surface area (Å²) in [4.78, 5) is 12.2. The largest absolute Gasteiger partial charge is 0.494 e. The van der Waals surface area contributed by atoms with Crippen molar-refractivity contribution in [2.24, 2.45) is 5.92 Å². The predicted octanol–water partition coefficient (Wildman–Crippen LogP) is 5.03. The van der Waals surface area contributed by atoms with E-state index in [1.165, 1.54) is 5.57 Å². The third-order valence-corrected chi connectivity index (χ3v) is 3.83. The molecule has 2 rings (SSSR count). The molecule has 1 aromatic rings. The molecular formula is C19H26O2. The molecule has 1 aliphatic rings. The van der Waals surface area contributed by atoms with E-state index in [2.05, 4.69) is 20.8 Å². The third-order valence-electron chi connectivity index (χ3n) is 3.83. The van der Waals surface area contributed by atoms with Crippen molar-refractivity contribution in [2.45, 2.75) is 52.9 Å². The molecular weight excluding hydrogens is 260 g/mol. The fourth-order valence-electron chi connectivity index (χ4n) is 2.85. The maximum atomic E-state index is 12.2. The fourth-order valence-corrected chi connectivity index (χ4v) is 2.85. The summed E-state index contributed by atoms with van der Waals surface area (Å²) in [6, 6.07) is 8.02. The van der Waals surface area contributed by atoms with Gasteiger partial charge in [0.1, 0.15) is 5.75 Å². The van der Waals surface area contributed by atoms with E-state index in [1.807, 2.05) is 24.3 Å². The summed E-state index contributed by atoms with van der Waals surface area (Å²) in [5.41, 5.74) is 3.30. The molecule has 0 aromatic heterocycles. The molecule has 0 amide bonds. The Bertz CT molecular complexity index is 526. The van der Waals surface area contributed by atoms with E-state index in [-0.39, 0.29) is 5.78 Å². The average Bonchev–Trinajstić information content (AvgIpc) is 2.79. The van der Waals surface area contributed by atoms with Gasteiger partial charge in [-0.15, -0.1) is 0 Å². The van der Waals surface area contributed by atoms with E-state index in [9.17, 15) is 4.79 Å². The standard InChI is InChI=1S/C19H26O2/c1-4-5-11-21-17-8-6-7-15(13-17)19-16(12-14(2)3)9-10-18(19)20/h6-8,13-14H,4-5,9-12H2,1-3H3. The Morgan fingerprint density at radius 1 is 1.24 bits per heavy atom. The number of unbranched alkanes of at least 4 members (excludes halogenated alkanes) is 1. The summed E-state index contributed by atoms with van der Waals surface area (Å²) in [6.45, 7) is 7.31. The zero-order valence-electron chi connectivity index (χ0n) is 13.4. The topological polar surface area (TPSA) is 26.3 Å². The van der Waals surface area contributed by atoms with Gasteiger partial charge in [0, 0.05) is 12.0 Å². The Balaban J connectivity index is 2.22. The first-order valence-corrected chi connectivity index (χ1v) is 8.10. The second-order valence-electron chi connectivity index (χ2n) is 6.23. The molecule has 114 valence electrons. The van der Waals surface area contributed by atoms with Crippen LogP contribution in [0.25, 0.3) is 5.57 Å². The fraction of sp³-hybridized carbons (Fsp3) is 0.526. The summed E-state index contributed by atoms with van der Waals surface area (Å²) in [5, 5.41) is 0. The minimum absolute atomic E-state index is 0.288. The molecule has 2 heteroatoms. The normalized spacial score (nSPS) is 15.1. The molecule has 21 heavy (non-hydrogen) atoms. The van der Waals surface area contributed by atoms with Gasteiger partial charge in [-0.05, 0) is 42.9 Å². The van der Waals surface area contributed by atoms with Gasteiger partial charge in [0.2, 0.25) is 0 Å². The van der Waals surface area contributed by atoms with E-state index < -0.39 is 0 Å². The van der Waals surface area contributed by atoms with Crippen LogP contribution >= 0.6 is 0 Å². The molecule has 0 bridgehead atoms. The monoisotopic (exact) mass is 286 g/mol. The second-order valence-corrected chi connectivity index (χ2v) is 6.23. The van der Waals surface area contributed by atoms with Crippen molar-refractivity contribution in [1.82, 2.24) is 0 Å². The van der Waals surface area contributed by atoms with Crippen LogP contribution in [-0.4, -0.2) is 12.4 Å². The van der Waals surface area contributed by atoms with Crippen LogP contribution < -0.4 is 4.74 Å². The molecule has 1 aromatic carbocycles. The van der Waals surface area contributed by atoms with Crippen molar-refractivity contribution in [3.8, 4) is 5.75 Å². The molecule has 2 nitrogen and oxygen atoms in total. The zero-order valence-corrected chi connectivity index (χ0v) is 13.4. The van der Waals surface area contributed by atoms with E-state index in [1.54, 1.807) is 0 Å². The lowest BCUT2D eigenvalue weighted by Gasteiger charge is -2.11. The van der Waals surface area contributed by atoms with Crippen LogP contribution in [0.2, 0.25) is 0 Å². The molecule has 0 N–H and O–H groups in total. The lowest BCUT2D eigenvalue weighted by atomic mass is 9.95. The van der Waals surface area contributed by atoms with Gasteiger partial charge in [-0.1, -0.05) is 44.9 Å². The number of allylic oxidation sites excluding steroid dienone is 2. The highest BCUT2D eigenvalue weighted by Gasteiger charge is 2.24. The van der Waals surface area contributed by atoms with Crippen molar-refractivity contribution in [1.29, 1.82) is 0 Å². The smallest absolute Gasteiger partial charge is 0.163 e. The Hall–Kier alpha value is -1.57. The van der Waals surface area contributed by atoms with Crippen molar-refractivity contribution in [3.05, 3.63) is 35.4 Å². The Morgan fingerprint density at radius 2 is 2.05 bits per heavy atom. The predicted molar refractivity (Wildman–Crippen MR) is 87.5 cm³/mol. The van der Waals surface area contributed by atoms with Crippen molar-refractivity contribution in [2.75, 3.05) is 6.61 Å². The summed E-state index contributed by atoms with van der Waals surface area (Å²) in [5.74, 6) is 1.75. The number of hydrogen-bond acceptors (Lipinski definition) is 2. The molecule has 0 saturated heterocycles. The number of benzene rings is 1. The summed E-state index contributed by atoms with van der Waals surface area (Å²) in [7, 11) is 0. The van der Waals surface area contributed by atoms with Crippen LogP contribution in [0.4, 0.5) is 0 Å². The van der Waals surface area contributed by atoms with Gasteiger partial charge in [-0.3, -0.25) is 4.79 Å².